The zero-order valence-corrected chi connectivity index (χ0v) is 11.5. The summed E-state index contributed by atoms with van der Waals surface area (Å²) < 4.78 is 18.7. The van der Waals surface area contributed by atoms with Crippen molar-refractivity contribution in [1.82, 2.24) is 9.97 Å². The number of benzene rings is 2. The van der Waals surface area contributed by atoms with Crippen LogP contribution >= 0.6 is 0 Å². The van der Waals surface area contributed by atoms with E-state index in [9.17, 15) is 4.39 Å². The van der Waals surface area contributed by atoms with E-state index in [0.717, 1.165) is 11.0 Å². The van der Waals surface area contributed by atoms with Crippen LogP contribution in [0.5, 0.6) is 5.75 Å². The van der Waals surface area contributed by atoms with Crippen LogP contribution in [0.1, 0.15) is 17.3 Å². The maximum absolute atomic E-state index is 13.8. The van der Waals surface area contributed by atoms with Gasteiger partial charge in [0, 0.05) is 0 Å². The molecule has 21 heavy (non-hydrogen) atoms. The molecule has 2 N–H and O–H groups in total. The molecule has 0 saturated carbocycles. The molecule has 0 saturated heterocycles. The molecule has 106 valence electrons. The van der Waals surface area contributed by atoms with Crippen LogP contribution in [-0.2, 0) is 0 Å². The second-order valence-corrected chi connectivity index (χ2v) is 4.66. The van der Waals surface area contributed by atoms with E-state index >= 15 is 0 Å². The van der Waals surface area contributed by atoms with Crippen LogP contribution in [0, 0.1) is 5.82 Å². The van der Waals surface area contributed by atoms with Crippen molar-refractivity contribution >= 4 is 11.0 Å². The van der Waals surface area contributed by atoms with Crippen LogP contribution in [0.3, 0.4) is 0 Å². The molecule has 5 heteroatoms. The minimum atomic E-state index is -0.539. The van der Waals surface area contributed by atoms with E-state index < -0.39 is 11.9 Å². The third-order valence-corrected chi connectivity index (χ3v) is 3.32. The van der Waals surface area contributed by atoms with Gasteiger partial charge in [0.05, 0.1) is 36.1 Å². The first kappa shape index (κ1) is 13.5. The van der Waals surface area contributed by atoms with E-state index in [0.29, 0.717) is 11.3 Å². The van der Waals surface area contributed by atoms with Gasteiger partial charge in [-0.3, -0.25) is 4.98 Å². The van der Waals surface area contributed by atoms with Gasteiger partial charge >= 0.3 is 0 Å². The minimum absolute atomic E-state index is 0.190. The second-order valence-electron chi connectivity index (χ2n) is 4.66. The fraction of sp³-hybridized carbons (Fsp3) is 0.125. The van der Waals surface area contributed by atoms with Crippen molar-refractivity contribution in [2.24, 2.45) is 5.73 Å². The Balaban J connectivity index is 1.99. The Labute approximate surface area is 121 Å². The molecule has 3 rings (SSSR count). The summed E-state index contributed by atoms with van der Waals surface area (Å²) in [5.74, 6) is -0.255. The number of para-hydroxylation sites is 2. The van der Waals surface area contributed by atoms with Crippen molar-refractivity contribution in [2.75, 3.05) is 7.11 Å². The molecule has 1 unspecified atom stereocenters. The number of fused-ring (bicyclic) bond motifs is 1. The number of hydrogen-bond acceptors (Lipinski definition) is 4. The molecule has 4 nitrogen and oxygen atoms in total. The quantitative estimate of drug-likeness (QED) is 0.803. The van der Waals surface area contributed by atoms with Gasteiger partial charge in [0.1, 0.15) is 0 Å². The van der Waals surface area contributed by atoms with E-state index in [1.807, 2.05) is 24.3 Å². The topological polar surface area (TPSA) is 61.0 Å². The van der Waals surface area contributed by atoms with Crippen molar-refractivity contribution in [2.45, 2.75) is 6.04 Å². The lowest BCUT2D eigenvalue weighted by Gasteiger charge is -2.13. The summed E-state index contributed by atoms with van der Waals surface area (Å²) in [7, 11) is 1.42. The first-order chi connectivity index (χ1) is 10.2. The zero-order chi connectivity index (χ0) is 14.8. The molecule has 1 heterocycles. The summed E-state index contributed by atoms with van der Waals surface area (Å²) in [4.78, 5) is 8.81. The predicted molar refractivity (Wildman–Crippen MR) is 78.5 cm³/mol. The molecular formula is C16H14FN3O. The fourth-order valence-corrected chi connectivity index (χ4v) is 2.17. The Hall–Kier alpha value is -2.53. The third kappa shape index (κ3) is 2.55. The number of aromatic nitrogens is 2. The number of halogens is 1. The van der Waals surface area contributed by atoms with Gasteiger partial charge < -0.3 is 10.5 Å². The van der Waals surface area contributed by atoms with Gasteiger partial charge in [-0.15, -0.1) is 0 Å². The van der Waals surface area contributed by atoms with Gasteiger partial charge in [-0.1, -0.05) is 18.2 Å². The average Bonchev–Trinajstić information content (AvgIpc) is 2.53. The van der Waals surface area contributed by atoms with Crippen LogP contribution < -0.4 is 10.5 Å². The SMILES string of the molecule is COc1ccc(C(N)c2cnc3ccccc3n2)cc1F. The normalized spacial score (nSPS) is 12.3. The Morgan fingerprint density at radius 3 is 2.62 bits per heavy atom. The highest BCUT2D eigenvalue weighted by atomic mass is 19.1. The van der Waals surface area contributed by atoms with E-state index in [1.54, 1.807) is 18.3 Å². The monoisotopic (exact) mass is 283 g/mol. The molecule has 0 bridgehead atoms. The molecule has 1 atom stereocenters. The Bertz CT molecular complexity index is 791. The van der Waals surface area contributed by atoms with Crippen LogP contribution in [0.25, 0.3) is 11.0 Å². The fourth-order valence-electron chi connectivity index (χ4n) is 2.17. The van der Waals surface area contributed by atoms with Crippen LogP contribution in [0.4, 0.5) is 4.39 Å². The van der Waals surface area contributed by atoms with E-state index in [4.69, 9.17) is 10.5 Å². The van der Waals surface area contributed by atoms with Gasteiger partial charge in [0.15, 0.2) is 11.6 Å². The highest BCUT2D eigenvalue weighted by Crippen LogP contribution is 2.24. The molecule has 1 aromatic heterocycles. The molecule has 0 radical (unpaired) electrons. The lowest BCUT2D eigenvalue weighted by Crippen LogP contribution is -2.14. The second kappa shape index (κ2) is 5.46. The van der Waals surface area contributed by atoms with Gasteiger partial charge in [0.2, 0.25) is 0 Å². The molecule has 0 fully saturated rings. The van der Waals surface area contributed by atoms with Crippen LogP contribution in [-0.4, -0.2) is 17.1 Å². The summed E-state index contributed by atoms with van der Waals surface area (Å²) >= 11 is 0. The van der Waals surface area contributed by atoms with E-state index in [-0.39, 0.29) is 5.75 Å². The zero-order valence-electron chi connectivity index (χ0n) is 11.5. The largest absolute Gasteiger partial charge is 0.494 e. The van der Waals surface area contributed by atoms with Crippen molar-refractivity contribution in [3.05, 3.63) is 65.7 Å². The first-order valence-electron chi connectivity index (χ1n) is 6.50. The standard InChI is InChI=1S/C16H14FN3O/c1-21-15-7-6-10(8-11(15)17)16(18)14-9-19-12-4-2-3-5-13(12)20-14/h2-9,16H,18H2,1H3. The maximum Gasteiger partial charge on any atom is 0.165 e. The summed E-state index contributed by atoms with van der Waals surface area (Å²) in [5, 5.41) is 0. The molecule has 0 spiro atoms. The third-order valence-electron chi connectivity index (χ3n) is 3.32. The molecule has 3 aromatic rings. The summed E-state index contributed by atoms with van der Waals surface area (Å²) in [5.41, 5.74) is 8.94. The van der Waals surface area contributed by atoms with Crippen molar-refractivity contribution in [3.63, 3.8) is 0 Å². The molecular weight excluding hydrogens is 269 g/mol. The van der Waals surface area contributed by atoms with Gasteiger partial charge in [-0.05, 0) is 29.8 Å². The Morgan fingerprint density at radius 1 is 1.14 bits per heavy atom. The van der Waals surface area contributed by atoms with Crippen molar-refractivity contribution in [1.29, 1.82) is 0 Å². The number of nitrogens with two attached hydrogens (primary N) is 1. The van der Waals surface area contributed by atoms with Gasteiger partial charge in [0.25, 0.3) is 0 Å². The van der Waals surface area contributed by atoms with Gasteiger partial charge in [-0.2, -0.15) is 0 Å². The van der Waals surface area contributed by atoms with Crippen molar-refractivity contribution < 1.29 is 9.13 Å². The van der Waals surface area contributed by atoms with Crippen molar-refractivity contribution in [3.8, 4) is 5.75 Å². The number of hydrogen-bond donors (Lipinski definition) is 1. The average molecular weight is 283 g/mol. The number of nitrogens with zero attached hydrogens (tertiary/aromatic N) is 2. The summed E-state index contributed by atoms with van der Waals surface area (Å²) in [6.07, 6.45) is 1.62. The minimum Gasteiger partial charge on any atom is -0.494 e. The Morgan fingerprint density at radius 2 is 1.90 bits per heavy atom. The highest BCUT2D eigenvalue weighted by Gasteiger charge is 2.14. The molecule has 2 aromatic carbocycles. The van der Waals surface area contributed by atoms with E-state index in [2.05, 4.69) is 9.97 Å². The predicted octanol–water partition coefficient (Wildman–Crippen LogP) is 2.83. The number of ether oxygens (including phenoxy) is 1. The van der Waals surface area contributed by atoms with E-state index in [1.165, 1.54) is 13.2 Å². The smallest absolute Gasteiger partial charge is 0.165 e. The highest BCUT2D eigenvalue weighted by molar-refractivity contribution is 5.73. The Kier molecular flexibility index (Phi) is 3.50. The molecule has 0 aliphatic rings. The van der Waals surface area contributed by atoms with Crippen LogP contribution in [0.15, 0.2) is 48.7 Å². The first-order valence-corrected chi connectivity index (χ1v) is 6.50. The van der Waals surface area contributed by atoms with Gasteiger partial charge in [-0.25, -0.2) is 9.37 Å². The summed E-state index contributed by atoms with van der Waals surface area (Å²) in [6.45, 7) is 0. The molecule has 0 amide bonds. The molecule has 0 aliphatic heterocycles. The maximum atomic E-state index is 13.8. The number of methoxy groups -OCH3 is 1. The molecule has 0 aliphatic carbocycles. The number of rotatable bonds is 3. The van der Waals surface area contributed by atoms with Crippen LogP contribution in [0.2, 0.25) is 0 Å². The summed E-state index contributed by atoms with van der Waals surface area (Å²) in [6, 6.07) is 11.6. The lowest BCUT2D eigenvalue weighted by molar-refractivity contribution is 0.386. The lowest BCUT2D eigenvalue weighted by atomic mass is 10.0.